The van der Waals surface area contributed by atoms with Crippen LogP contribution in [0.3, 0.4) is 0 Å². The number of hydrogen-bond donors (Lipinski definition) is 4. The van der Waals surface area contributed by atoms with Crippen molar-refractivity contribution in [2.75, 3.05) is 19.8 Å². The maximum Gasteiger partial charge on any atom is 0.473 e. The molecule has 3 heterocycles. The molecule has 0 aliphatic carbocycles. The summed E-state index contributed by atoms with van der Waals surface area (Å²) < 4.78 is 30.6. The monoisotopic (exact) mass is 487 g/mol. The van der Waals surface area contributed by atoms with E-state index < -0.39 is 56.6 Å². The first-order valence-electron chi connectivity index (χ1n) is 10.1. The lowest BCUT2D eigenvalue weighted by Crippen LogP contribution is -2.33. The predicted octanol–water partition coefficient (Wildman–Crippen LogP) is -0.970. The van der Waals surface area contributed by atoms with Gasteiger partial charge >= 0.3 is 13.5 Å². The number of aliphatic hydroxyl groups is 1. The van der Waals surface area contributed by atoms with Gasteiger partial charge in [-0.15, -0.1) is 0 Å². The number of carbonyl (C=O) groups is 1. The van der Waals surface area contributed by atoms with E-state index in [9.17, 15) is 28.9 Å². The number of aryl methyl sites for hydroxylation is 2. The molecule has 0 radical (unpaired) electrons. The maximum atomic E-state index is 12.3. The number of imidazole rings is 1. The van der Waals surface area contributed by atoms with E-state index in [0.717, 1.165) is 4.57 Å². The fraction of sp³-hybridized carbons (Fsp3) is 0.556. The number of hydrogen-bond acceptors (Lipinski definition) is 9. The summed E-state index contributed by atoms with van der Waals surface area (Å²) in [6.07, 6.45) is 3.82. The Morgan fingerprint density at radius 1 is 1.45 bits per heavy atom. The van der Waals surface area contributed by atoms with Crippen molar-refractivity contribution in [2.24, 2.45) is 0 Å². The summed E-state index contributed by atoms with van der Waals surface area (Å²) in [6.45, 7) is 1.20. The highest BCUT2D eigenvalue weighted by atomic mass is 31.2. The lowest BCUT2D eigenvalue weighted by atomic mass is 10.2. The molecule has 0 spiro atoms. The van der Waals surface area contributed by atoms with Crippen LogP contribution in [-0.2, 0) is 29.7 Å². The number of nitrogens with one attached hydrogen (secondary N) is 2. The Morgan fingerprint density at radius 3 is 2.94 bits per heavy atom. The van der Waals surface area contributed by atoms with Crippen molar-refractivity contribution >= 4 is 13.7 Å². The highest BCUT2D eigenvalue weighted by molar-refractivity contribution is 7.47. The molecule has 1 unspecified atom stereocenters. The predicted molar refractivity (Wildman–Crippen MR) is 112 cm³/mol. The van der Waals surface area contributed by atoms with Crippen molar-refractivity contribution in [1.29, 1.82) is 0 Å². The van der Waals surface area contributed by atoms with Gasteiger partial charge in [0.1, 0.15) is 25.0 Å². The van der Waals surface area contributed by atoms with Gasteiger partial charge in [0.15, 0.2) is 0 Å². The van der Waals surface area contributed by atoms with Crippen LogP contribution in [0.1, 0.15) is 24.6 Å². The highest BCUT2D eigenvalue weighted by Crippen LogP contribution is 2.48. The van der Waals surface area contributed by atoms with E-state index in [1.54, 1.807) is 18.7 Å². The van der Waals surface area contributed by atoms with E-state index in [0.29, 0.717) is 19.5 Å². The molecule has 0 saturated carbocycles. The third-order valence-corrected chi connectivity index (χ3v) is 5.91. The van der Waals surface area contributed by atoms with E-state index in [-0.39, 0.29) is 12.0 Å². The number of amides is 1. The first-order valence-corrected chi connectivity index (χ1v) is 11.6. The molecule has 1 amide bonds. The highest BCUT2D eigenvalue weighted by Gasteiger charge is 2.41. The number of phosphoric acid groups is 1. The van der Waals surface area contributed by atoms with Gasteiger partial charge in [0.25, 0.3) is 5.56 Å². The van der Waals surface area contributed by atoms with Crippen molar-refractivity contribution in [3.63, 3.8) is 0 Å². The van der Waals surface area contributed by atoms with Crippen molar-refractivity contribution in [2.45, 2.75) is 44.7 Å². The van der Waals surface area contributed by atoms with Crippen LogP contribution in [0.2, 0.25) is 0 Å². The Bertz CT molecular complexity index is 1100. The standard InChI is InChI=1S/C18H26N5O9P/c1-12-8-23(18(27)21-17(12)26)16-7-13(14(9-24)31-16)32-33(28,29)30-10-15(25)20-3-2-5-22-6-4-19-11-22/h4,6,8,11,13-14,16,24H,2-3,5,7,9-10H2,1H3,(H,20,25)(H,28,29)(H,21,26,27)/t13-,14+,16+/m0/s1. The zero-order valence-corrected chi connectivity index (χ0v) is 18.7. The van der Waals surface area contributed by atoms with Crippen LogP contribution in [0.25, 0.3) is 0 Å². The molecule has 33 heavy (non-hydrogen) atoms. The van der Waals surface area contributed by atoms with Gasteiger partial charge in [0.05, 0.1) is 12.9 Å². The molecule has 14 nitrogen and oxygen atoms in total. The first-order chi connectivity index (χ1) is 15.7. The first kappa shape index (κ1) is 25.0. The Balaban J connectivity index is 1.49. The fourth-order valence-electron chi connectivity index (χ4n) is 3.25. The lowest BCUT2D eigenvalue weighted by Gasteiger charge is -2.19. The molecule has 4 N–H and O–H groups in total. The molecule has 15 heteroatoms. The van der Waals surface area contributed by atoms with Crippen LogP contribution in [0.4, 0.5) is 0 Å². The van der Waals surface area contributed by atoms with Crippen molar-refractivity contribution in [1.82, 2.24) is 24.4 Å². The molecule has 0 aromatic carbocycles. The SMILES string of the molecule is Cc1cn([C@H]2C[C@H](OP(=O)(O)OCC(=O)NCCCn3ccnc3)[C@@H](CO)O2)c(=O)[nH]c1=O. The van der Waals surface area contributed by atoms with E-state index >= 15 is 0 Å². The molecule has 1 aliphatic heterocycles. The lowest BCUT2D eigenvalue weighted by molar-refractivity contribution is -0.123. The Hall–Kier alpha value is -2.61. The fourth-order valence-corrected chi connectivity index (χ4v) is 4.15. The molecule has 4 atom stereocenters. The summed E-state index contributed by atoms with van der Waals surface area (Å²) in [5, 5.41) is 12.1. The number of H-pyrrole nitrogens is 1. The summed E-state index contributed by atoms with van der Waals surface area (Å²) in [6, 6.07) is 0. The molecule has 2 aromatic rings. The second-order valence-corrected chi connectivity index (χ2v) is 8.82. The maximum absolute atomic E-state index is 12.3. The number of rotatable bonds is 11. The summed E-state index contributed by atoms with van der Waals surface area (Å²) in [5.74, 6) is -0.604. The number of carbonyl (C=O) groups excluding carboxylic acids is 1. The molecular formula is C18H26N5O9P. The average Bonchev–Trinajstić information content (AvgIpc) is 3.42. The van der Waals surface area contributed by atoms with Crippen molar-refractivity contribution in [3.05, 3.63) is 51.3 Å². The smallest absolute Gasteiger partial charge is 0.394 e. The number of aromatic nitrogens is 4. The number of phosphoric ester groups is 1. The minimum atomic E-state index is -4.68. The number of aliphatic hydroxyl groups excluding tert-OH is 1. The molecule has 3 rings (SSSR count). The Labute approximate surface area is 187 Å². The molecule has 1 fully saturated rings. The normalized spacial score (nSPS) is 22.2. The van der Waals surface area contributed by atoms with E-state index in [4.69, 9.17) is 13.8 Å². The molecular weight excluding hydrogens is 461 g/mol. The van der Waals surface area contributed by atoms with Crippen molar-refractivity contribution in [3.8, 4) is 0 Å². The number of aromatic amines is 1. The summed E-state index contributed by atoms with van der Waals surface area (Å²) in [7, 11) is -4.68. The van der Waals surface area contributed by atoms with E-state index in [2.05, 4.69) is 15.3 Å². The van der Waals surface area contributed by atoms with Gasteiger partial charge in [-0.05, 0) is 13.3 Å². The zero-order valence-electron chi connectivity index (χ0n) is 17.8. The number of nitrogens with zero attached hydrogens (tertiary/aromatic N) is 3. The largest absolute Gasteiger partial charge is 0.473 e. The van der Waals surface area contributed by atoms with Crippen LogP contribution in [0.5, 0.6) is 0 Å². The van der Waals surface area contributed by atoms with Gasteiger partial charge in [0.2, 0.25) is 5.91 Å². The quantitative estimate of drug-likeness (QED) is 0.227. The van der Waals surface area contributed by atoms with Gasteiger partial charge < -0.3 is 24.6 Å². The second-order valence-electron chi connectivity index (χ2n) is 7.42. The second kappa shape index (κ2) is 11.0. The summed E-state index contributed by atoms with van der Waals surface area (Å²) >= 11 is 0. The molecule has 2 aromatic heterocycles. The Morgan fingerprint density at radius 2 is 2.24 bits per heavy atom. The van der Waals surface area contributed by atoms with Gasteiger partial charge in [0, 0.05) is 43.7 Å². The average molecular weight is 487 g/mol. The molecule has 1 saturated heterocycles. The van der Waals surface area contributed by atoms with E-state index in [1.807, 2.05) is 4.57 Å². The zero-order chi connectivity index (χ0) is 24.0. The van der Waals surface area contributed by atoms with E-state index in [1.165, 1.54) is 13.1 Å². The third-order valence-electron chi connectivity index (χ3n) is 4.92. The van der Waals surface area contributed by atoms with Gasteiger partial charge in [-0.1, -0.05) is 0 Å². The van der Waals surface area contributed by atoms with Crippen molar-refractivity contribution < 1.29 is 33.1 Å². The minimum Gasteiger partial charge on any atom is -0.394 e. The van der Waals surface area contributed by atoms with Crippen LogP contribution < -0.4 is 16.6 Å². The minimum absolute atomic E-state index is 0.0784. The summed E-state index contributed by atoms with van der Waals surface area (Å²) in [5.41, 5.74) is -1.02. The topological polar surface area (TPSA) is 187 Å². The third kappa shape index (κ3) is 6.93. The Kier molecular flexibility index (Phi) is 8.35. The molecule has 1 aliphatic rings. The van der Waals surface area contributed by atoms with Gasteiger partial charge in [-0.3, -0.25) is 28.2 Å². The van der Waals surface area contributed by atoms with Gasteiger partial charge in [-0.2, -0.15) is 0 Å². The van der Waals surface area contributed by atoms with Crippen LogP contribution in [0.15, 0.2) is 34.5 Å². The van der Waals surface area contributed by atoms with Crippen LogP contribution >= 0.6 is 7.82 Å². The summed E-state index contributed by atoms with van der Waals surface area (Å²) in [4.78, 5) is 51.5. The van der Waals surface area contributed by atoms with Crippen LogP contribution in [0, 0.1) is 6.92 Å². The number of ether oxygens (including phenoxy) is 1. The van der Waals surface area contributed by atoms with Crippen LogP contribution in [-0.4, -0.2) is 67.0 Å². The molecule has 182 valence electrons. The van der Waals surface area contributed by atoms with Gasteiger partial charge in [-0.25, -0.2) is 14.3 Å². The molecule has 0 bridgehead atoms.